The van der Waals surface area contributed by atoms with Gasteiger partial charge in [-0.15, -0.1) is 0 Å². The van der Waals surface area contributed by atoms with Gasteiger partial charge in [-0.3, -0.25) is 0 Å². The molecule has 0 saturated carbocycles. The van der Waals surface area contributed by atoms with Crippen LogP contribution in [0.1, 0.15) is 13.3 Å². The van der Waals surface area contributed by atoms with Crippen LogP contribution < -0.4 is 5.73 Å². The van der Waals surface area contributed by atoms with Gasteiger partial charge in [0.1, 0.15) is 0 Å². The molecule has 0 heterocycles. The molecule has 0 fully saturated rings. The Hall–Kier alpha value is 0.0500. The third-order valence-electron chi connectivity index (χ3n) is 0.805. The monoisotopic (exact) mass is 117 g/mol. The highest BCUT2D eigenvalue weighted by Gasteiger charge is 1.86. The van der Waals surface area contributed by atoms with Gasteiger partial charge in [0.25, 0.3) is 0 Å². The normalized spacial score (nSPS) is 15.3. The minimum atomic E-state index is 0.192. The maximum absolute atomic E-state index is 5.45. The first-order valence-corrected chi connectivity index (χ1v) is 2.89. The first-order chi connectivity index (χ1) is 3.31. The molecule has 1 nitrogen and oxygen atoms in total. The minimum absolute atomic E-state index is 0.192. The van der Waals surface area contributed by atoms with Gasteiger partial charge in [0.05, 0.1) is 0 Å². The van der Waals surface area contributed by atoms with Crippen LogP contribution in [0.5, 0.6) is 0 Å². The van der Waals surface area contributed by atoms with E-state index in [4.69, 9.17) is 5.73 Å². The average Bonchev–Trinajstić information content (AvgIpc) is 1.68. The molecule has 2 N–H and O–H groups in total. The summed E-state index contributed by atoms with van der Waals surface area (Å²) >= 11 is 3.85. The van der Waals surface area contributed by atoms with E-state index in [0.717, 1.165) is 6.42 Å². The van der Waals surface area contributed by atoms with Crippen molar-refractivity contribution in [2.45, 2.75) is 19.4 Å². The maximum atomic E-state index is 5.45. The Kier molecular flexibility index (Phi) is 4.25. The van der Waals surface area contributed by atoms with Crippen molar-refractivity contribution in [2.24, 2.45) is 5.73 Å². The average molecular weight is 117 g/mol. The molecule has 0 spiro atoms. The van der Waals surface area contributed by atoms with E-state index in [-0.39, 0.29) is 6.04 Å². The second-order valence-electron chi connectivity index (χ2n) is 1.41. The zero-order valence-corrected chi connectivity index (χ0v) is 5.36. The Bertz CT molecular complexity index is 61.1. The van der Waals surface area contributed by atoms with Crippen LogP contribution in [0.2, 0.25) is 0 Å². The van der Waals surface area contributed by atoms with Crippen LogP contribution in [0.25, 0.3) is 0 Å². The second kappa shape index (κ2) is 4.22. The van der Waals surface area contributed by atoms with Crippen LogP contribution in [0.15, 0.2) is 11.5 Å². The van der Waals surface area contributed by atoms with Crippen LogP contribution in [-0.2, 0) is 0 Å². The fourth-order valence-corrected chi connectivity index (χ4v) is 0.468. The zero-order valence-electron chi connectivity index (χ0n) is 4.46. The Morgan fingerprint density at radius 2 is 2.43 bits per heavy atom. The molecule has 0 radical (unpaired) electrons. The van der Waals surface area contributed by atoms with E-state index >= 15 is 0 Å². The van der Waals surface area contributed by atoms with E-state index in [1.165, 1.54) is 0 Å². The Morgan fingerprint density at radius 3 is 2.57 bits per heavy atom. The highest BCUT2D eigenvalue weighted by Crippen LogP contribution is 1.88. The van der Waals surface area contributed by atoms with Crippen molar-refractivity contribution in [3.63, 3.8) is 0 Å². The first-order valence-electron chi connectivity index (χ1n) is 2.37. The fourth-order valence-electron chi connectivity index (χ4n) is 0.247. The van der Waals surface area contributed by atoms with Gasteiger partial charge in [-0.1, -0.05) is 13.0 Å². The Morgan fingerprint density at radius 1 is 1.86 bits per heavy atom. The van der Waals surface area contributed by atoms with Gasteiger partial charge < -0.3 is 5.73 Å². The molecule has 0 saturated heterocycles. The molecular weight excluding hydrogens is 106 g/mol. The van der Waals surface area contributed by atoms with Crippen LogP contribution in [0, 0.1) is 0 Å². The van der Waals surface area contributed by atoms with Crippen LogP contribution >= 0.6 is 12.6 Å². The van der Waals surface area contributed by atoms with Crippen LogP contribution in [-0.4, -0.2) is 6.04 Å². The predicted molar refractivity (Wildman–Crippen MR) is 36.4 cm³/mol. The summed E-state index contributed by atoms with van der Waals surface area (Å²) in [6.07, 6.45) is 2.85. The minimum Gasteiger partial charge on any atom is -0.324 e. The van der Waals surface area contributed by atoms with E-state index in [1.54, 1.807) is 5.41 Å². The summed E-state index contributed by atoms with van der Waals surface area (Å²) in [6.45, 7) is 2.04. The summed E-state index contributed by atoms with van der Waals surface area (Å²) in [6, 6.07) is 0.192. The molecule has 1 unspecified atom stereocenters. The van der Waals surface area contributed by atoms with Crippen molar-refractivity contribution < 1.29 is 0 Å². The molecule has 0 aromatic carbocycles. The van der Waals surface area contributed by atoms with Crippen molar-refractivity contribution in [1.29, 1.82) is 0 Å². The lowest BCUT2D eigenvalue weighted by molar-refractivity contribution is 0.784. The largest absolute Gasteiger partial charge is 0.324 e. The van der Waals surface area contributed by atoms with Gasteiger partial charge in [0.15, 0.2) is 0 Å². The Balaban J connectivity index is 3.16. The summed E-state index contributed by atoms with van der Waals surface area (Å²) in [5, 5.41) is 1.67. The van der Waals surface area contributed by atoms with E-state index in [9.17, 15) is 0 Å². The second-order valence-corrected chi connectivity index (χ2v) is 1.71. The molecule has 0 bridgehead atoms. The van der Waals surface area contributed by atoms with Crippen molar-refractivity contribution in [3.8, 4) is 0 Å². The molecule has 0 aromatic rings. The molecule has 2 heteroatoms. The van der Waals surface area contributed by atoms with E-state index in [2.05, 4.69) is 12.6 Å². The topological polar surface area (TPSA) is 26.0 Å². The van der Waals surface area contributed by atoms with Crippen LogP contribution in [0.3, 0.4) is 0 Å². The fraction of sp³-hybridized carbons (Fsp3) is 0.600. The SMILES string of the molecule is CCC(N)/C=C\S. The number of nitrogens with two attached hydrogens (primary N) is 1. The molecule has 0 aliphatic rings. The van der Waals surface area contributed by atoms with Gasteiger partial charge in [-0.05, 0) is 11.8 Å². The molecule has 0 amide bonds. The van der Waals surface area contributed by atoms with Crippen molar-refractivity contribution >= 4 is 12.6 Å². The zero-order chi connectivity index (χ0) is 5.70. The molecule has 0 aliphatic carbocycles. The van der Waals surface area contributed by atoms with Gasteiger partial charge in [-0.2, -0.15) is 12.6 Å². The molecule has 0 aliphatic heterocycles. The maximum Gasteiger partial charge on any atom is 0.0228 e. The number of rotatable bonds is 2. The Labute approximate surface area is 50.0 Å². The molecule has 7 heavy (non-hydrogen) atoms. The third kappa shape index (κ3) is 3.89. The molecule has 0 aromatic heterocycles. The van der Waals surface area contributed by atoms with Gasteiger partial charge >= 0.3 is 0 Å². The summed E-state index contributed by atoms with van der Waals surface area (Å²) < 4.78 is 0. The van der Waals surface area contributed by atoms with Gasteiger partial charge in [0.2, 0.25) is 0 Å². The van der Waals surface area contributed by atoms with E-state index in [0.29, 0.717) is 0 Å². The lowest BCUT2D eigenvalue weighted by atomic mass is 10.2. The van der Waals surface area contributed by atoms with Gasteiger partial charge in [-0.25, -0.2) is 0 Å². The van der Waals surface area contributed by atoms with Gasteiger partial charge in [0, 0.05) is 6.04 Å². The molecule has 42 valence electrons. The van der Waals surface area contributed by atoms with Crippen molar-refractivity contribution in [1.82, 2.24) is 0 Å². The van der Waals surface area contributed by atoms with Crippen LogP contribution in [0.4, 0.5) is 0 Å². The van der Waals surface area contributed by atoms with E-state index in [1.807, 2.05) is 13.0 Å². The quantitative estimate of drug-likeness (QED) is 0.522. The molecular formula is C5H11NS. The summed E-state index contributed by atoms with van der Waals surface area (Å²) in [5.74, 6) is 0. The molecule has 1 atom stereocenters. The first kappa shape index (κ1) is 7.05. The standard InChI is InChI=1S/C5H11NS/c1-2-5(6)3-4-7/h3-5,7H,2,6H2,1H3/b4-3-. The van der Waals surface area contributed by atoms with Crippen molar-refractivity contribution in [3.05, 3.63) is 11.5 Å². The van der Waals surface area contributed by atoms with E-state index < -0.39 is 0 Å². The number of hydrogen-bond donors (Lipinski definition) is 2. The highest BCUT2D eigenvalue weighted by molar-refractivity contribution is 7.83. The smallest absolute Gasteiger partial charge is 0.0228 e. The summed E-state index contributed by atoms with van der Waals surface area (Å²) in [4.78, 5) is 0. The summed E-state index contributed by atoms with van der Waals surface area (Å²) in [7, 11) is 0. The lowest BCUT2D eigenvalue weighted by Crippen LogP contribution is -2.13. The highest BCUT2D eigenvalue weighted by atomic mass is 32.1. The molecule has 0 rings (SSSR count). The number of thiol groups is 1. The third-order valence-corrected chi connectivity index (χ3v) is 0.977. The van der Waals surface area contributed by atoms with Crippen molar-refractivity contribution in [2.75, 3.05) is 0 Å². The number of hydrogen-bond acceptors (Lipinski definition) is 2. The summed E-state index contributed by atoms with van der Waals surface area (Å²) in [5.41, 5.74) is 5.45. The lowest BCUT2D eigenvalue weighted by Gasteiger charge is -1.96. The predicted octanol–water partition coefficient (Wildman–Crippen LogP) is 1.17.